The molecule has 3 unspecified atom stereocenters. The molecule has 0 aromatic rings. The Hall–Kier alpha value is -2.56. The number of aliphatic hydroxyl groups excluding tert-OH is 1. The Bertz CT molecular complexity index is 1460. The van der Waals surface area contributed by atoms with Crippen LogP contribution in [0, 0.1) is 0 Å². The molecule has 12 heteroatoms. The van der Waals surface area contributed by atoms with Crippen molar-refractivity contribution >= 4 is 25.7 Å². The van der Waals surface area contributed by atoms with Gasteiger partial charge in [0.2, 0.25) is 0 Å². The van der Waals surface area contributed by atoms with Crippen LogP contribution in [0.15, 0.2) is 48.6 Å². The molecule has 0 fully saturated rings. The van der Waals surface area contributed by atoms with Crippen molar-refractivity contribution in [3.05, 3.63) is 48.6 Å². The Morgan fingerprint density at radius 3 is 1.05 bits per heavy atom. The average molecular weight is 1090 g/mol. The number of carbonyl (C=O) groups excluding carboxylic acids is 3. The Kier molecular flexibility index (Phi) is 56.6. The highest BCUT2D eigenvalue weighted by atomic mass is 31.2. The fourth-order valence-corrected chi connectivity index (χ4v) is 9.68. The minimum Gasteiger partial charge on any atom is -0.462 e. The van der Waals surface area contributed by atoms with E-state index in [-0.39, 0.29) is 25.9 Å². The van der Waals surface area contributed by atoms with E-state index in [1.807, 2.05) is 0 Å². The van der Waals surface area contributed by atoms with Gasteiger partial charge in [-0.15, -0.1) is 0 Å². The molecule has 0 rings (SSSR count). The first-order valence-electron chi connectivity index (χ1n) is 31.5. The van der Waals surface area contributed by atoms with Crippen LogP contribution in [-0.4, -0.2) is 66.5 Å². The Labute approximate surface area is 466 Å². The minimum absolute atomic E-state index is 0.169. The topological polar surface area (TPSA) is 155 Å². The predicted octanol–water partition coefficient (Wildman–Crippen LogP) is 18.9. The van der Waals surface area contributed by atoms with Gasteiger partial charge in [-0.25, -0.2) is 4.57 Å². The van der Waals surface area contributed by atoms with E-state index in [0.29, 0.717) is 19.3 Å². The van der Waals surface area contributed by atoms with Gasteiger partial charge in [0.25, 0.3) is 0 Å². The van der Waals surface area contributed by atoms with E-state index >= 15 is 0 Å². The maximum Gasteiger partial charge on any atom is 0.472 e. The molecule has 76 heavy (non-hydrogen) atoms. The van der Waals surface area contributed by atoms with Crippen LogP contribution >= 0.6 is 7.82 Å². The SMILES string of the molecule is CCC/C=C\C/C=C\CCCCCCCC(=O)OCC(COP(=O)(O)OCC(CO)OC(=O)CCCCCCCCC/C=C\C/C=C\CCCCC)OC(=O)CCCCCCCCCCCCCCCCCCCCC. The van der Waals surface area contributed by atoms with E-state index in [1.54, 1.807) is 0 Å². The molecule has 2 N–H and O–H groups in total. The number of phosphoric ester groups is 1. The first-order chi connectivity index (χ1) is 37.2. The molecule has 0 spiro atoms. The normalized spacial score (nSPS) is 13.6. The summed E-state index contributed by atoms with van der Waals surface area (Å²) in [6, 6.07) is 0. The monoisotopic (exact) mass is 1090 g/mol. The van der Waals surface area contributed by atoms with Crippen LogP contribution in [0.25, 0.3) is 0 Å². The van der Waals surface area contributed by atoms with Gasteiger partial charge in [-0.2, -0.15) is 0 Å². The van der Waals surface area contributed by atoms with Gasteiger partial charge in [0.1, 0.15) is 12.7 Å². The molecule has 0 radical (unpaired) electrons. The lowest BCUT2D eigenvalue weighted by Crippen LogP contribution is -2.30. The van der Waals surface area contributed by atoms with Crippen molar-refractivity contribution in [1.29, 1.82) is 0 Å². The third-order valence-corrected chi connectivity index (χ3v) is 14.7. The van der Waals surface area contributed by atoms with Crippen LogP contribution in [0.3, 0.4) is 0 Å². The van der Waals surface area contributed by atoms with Gasteiger partial charge in [0.05, 0.1) is 19.8 Å². The maximum absolute atomic E-state index is 12.9. The van der Waals surface area contributed by atoms with Gasteiger partial charge in [0, 0.05) is 19.3 Å². The van der Waals surface area contributed by atoms with Crippen LogP contribution < -0.4 is 0 Å². The van der Waals surface area contributed by atoms with Crippen molar-refractivity contribution in [2.75, 3.05) is 26.4 Å². The maximum atomic E-state index is 12.9. The van der Waals surface area contributed by atoms with Crippen molar-refractivity contribution in [1.82, 2.24) is 0 Å². The second kappa shape index (κ2) is 58.6. The number of aliphatic hydroxyl groups is 1. The van der Waals surface area contributed by atoms with Gasteiger partial charge >= 0.3 is 25.7 Å². The molecule has 0 aliphatic carbocycles. The quantitative estimate of drug-likeness (QED) is 0.0197. The Balaban J connectivity index is 4.65. The molecule has 0 bridgehead atoms. The van der Waals surface area contributed by atoms with E-state index in [1.165, 1.54) is 141 Å². The summed E-state index contributed by atoms with van der Waals surface area (Å²) in [7, 11) is -4.75. The Morgan fingerprint density at radius 1 is 0.368 bits per heavy atom. The minimum atomic E-state index is -4.75. The highest BCUT2D eigenvalue weighted by Gasteiger charge is 2.28. The standard InChI is InChI=1S/C64H117O11P/c1-4-7-10-13-16-19-22-25-27-29-30-32-34-37-40-43-46-49-52-55-64(68)75-61(57-71-62(66)53-50-47-44-41-38-35-24-21-18-15-12-9-6-3)59-73-76(69,70)72-58-60(56-65)74-63(67)54-51-48-45-42-39-36-33-31-28-26-23-20-17-14-11-8-5-2/h12,15,17,20-21,24,26,28,60-61,65H,4-11,13-14,16,18-19,22-23,25,27,29-59H2,1-3H3,(H,69,70)/b15-12-,20-17-,24-21-,28-26-. The molecule has 11 nitrogen and oxygen atoms in total. The van der Waals surface area contributed by atoms with Crippen molar-refractivity contribution in [3.63, 3.8) is 0 Å². The molecule has 0 aromatic carbocycles. The highest BCUT2D eigenvalue weighted by molar-refractivity contribution is 7.47. The van der Waals surface area contributed by atoms with Crippen molar-refractivity contribution in [2.24, 2.45) is 0 Å². The zero-order valence-corrected chi connectivity index (χ0v) is 50.1. The first kappa shape index (κ1) is 73.4. The van der Waals surface area contributed by atoms with Crippen molar-refractivity contribution < 1.29 is 52.2 Å². The van der Waals surface area contributed by atoms with Crippen LogP contribution in [-0.2, 0) is 42.2 Å². The first-order valence-corrected chi connectivity index (χ1v) is 33.0. The van der Waals surface area contributed by atoms with Gasteiger partial charge in [-0.1, -0.05) is 256 Å². The molecule has 0 heterocycles. The predicted molar refractivity (Wildman–Crippen MR) is 316 cm³/mol. The molecular weight excluding hydrogens is 976 g/mol. The molecule has 3 atom stereocenters. The summed E-state index contributed by atoms with van der Waals surface area (Å²) in [6.07, 6.45) is 63.5. The van der Waals surface area contributed by atoms with Gasteiger partial charge in [0.15, 0.2) is 6.10 Å². The molecular formula is C64H117O11P. The number of allylic oxidation sites excluding steroid dienone is 8. The number of phosphoric acid groups is 1. The average Bonchev–Trinajstić information content (AvgIpc) is 3.41. The second-order valence-corrected chi connectivity index (χ2v) is 22.7. The summed E-state index contributed by atoms with van der Waals surface area (Å²) >= 11 is 0. The summed E-state index contributed by atoms with van der Waals surface area (Å²) in [5, 5.41) is 9.84. The summed E-state index contributed by atoms with van der Waals surface area (Å²) in [6.45, 7) is 4.59. The molecule has 0 aromatic heterocycles. The fourth-order valence-electron chi connectivity index (χ4n) is 8.90. The second-order valence-electron chi connectivity index (χ2n) is 21.2. The third-order valence-electron chi connectivity index (χ3n) is 13.7. The molecule has 0 saturated heterocycles. The van der Waals surface area contributed by atoms with E-state index < -0.39 is 57.8 Å². The summed E-state index contributed by atoms with van der Waals surface area (Å²) in [4.78, 5) is 48.7. The van der Waals surface area contributed by atoms with E-state index in [2.05, 4.69) is 69.4 Å². The van der Waals surface area contributed by atoms with Gasteiger partial charge < -0.3 is 24.2 Å². The van der Waals surface area contributed by atoms with E-state index in [9.17, 15) is 28.9 Å². The lowest BCUT2D eigenvalue weighted by Gasteiger charge is -2.21. The number of hydrogen-bond donors (Lipinski definition) is 2. The Morgan fingerprint density at radius 2 is 0.671 bits per heavy atom. The summed E-state index contributed by atoms with van der Waals surface area (Å²) < 4.78 is 39.6. The number of esters is 3. The van der Waals surface area contributed by atoms with Crippen LogP contribution in [0.2, 0.25) is 0 Å². The van der Waals surface area contributed by atoms with Crippen LogP contribution in [0.4, 0.5) is 0 Å². The molecule has 0 aliphatic rings. The molecule has 0 aliphatic heterocycles. The highest BCUT2D eigenvalue weighted by Crippen LogP contribution is 2.43. The van der Waals surface area contributed by atoms with E-state index in [0.717, 1.165) is 103 Å². The zero-order chi connectivity index (χ0) is 55.5. The van der Waals surface area contributed by atoms with E-state index in [4.69, 9.17) is 23.3 Å². The summed E-state index contributed by atoms with van der Waals surface area (Å²) in [5.41, 5.74) is 0. The van der Waals surface area contributed by atoms with Crippen molar-refractivity contribution in [2.45, 2.75) is 315 Å². The molecule has 0 saturated carbocycles. The molecule has 444 valence electrons. The summed E-state index contributed by atoms with van der Waals surface area (Å²) in [5.74, 6) is -1.47. The number of ether oxygens (including phenoxy) is 3. The smallest absolute Gasteiger partial charge is 0.462 e. The van der Waals surface area contributed by atoms with Crippen molar-refractivity contribution in [3.8, 4) is 0 Å². The van der Waals surface area contributed by atoms with Gasteiger partial charge in [-0.05, 0) is 77.0 Å². The number of hydrogen-bond acceptors (Lipinski definition) is 10. The van der Waals surface area contributed by atoms with Crippen LogP contribution in [0.5, 0.6) is 0 Å². The van der Waals surface area contributed by atoms with Crippen LogP contribution in [0.1, 0.15) is 303 Å². The lowest BCUT2D eigenvalue weighted by molar-refractivity contribution is -0.161. The lowest BCUT2D eigenvalue weighted by atomic mass is 10.0. The fraction of sp³-hybridized carbons (Fsp3) is 0.828. The number of carbonyl (C=O) groups is 3. The third kappa shape index (κ3) is 56.2. The van der Waals surface area contributed by atoms with Gasteiger partial charge in [-0.3, -0.25) is 23.4 Å². The largest absolute Gasteiger partial charge is 0.472 e. The number of rotatable bonds is 59. The molecule has 0 amide bonds. The number of unbranched alkanes of at least 4 members (excludes halogenated alkanes) is 34. The zero-order valence-electron chi connectivity index (χ0n) is 49.2.